The minimum absolute atomic E-state index is 0.212. The summed E-state index contributed by atoms with van der Waals surface area (Å²) in [4.78, 5) is 30.5. The van der Waals surface area contributed by atoms with E-state index in [1.165, 1.54) is 13.3 Å². The van der Waals surface area contributed by atoms with E-state index in [4.69, 9.17) is 4.84 Å². The van der Waals surface area contributed by atoms with E-state index in [0.717, 1.165) is 16.8 Å². The summed E-state index contributed by atoms with van der Waals surface area (Å²) in [5.74, 6) is -0.369. The molecule has 31 heavy (non-hydrogen) atoms. The summed E-state index contributed by atoms with van der Waals surface area (Å²) >= 11 is 0. The first-order valence-electron chi connectivity index (χ1n) is 9.55. The monoisotopic (exact) mass is 412 g/mol. The number of aromatic nitrogens is 4. The Morgan fingerprint density at radius 3 is 2.61 bits per heavy atom. The average Bonchev–Trinajstić information content (AvgIpc) is 3.34. The zero-order valence-electron chi connectivity index (χ0n) is 17.1. The predicted octanol–water partition coefficient (Wildman–Crippen LogP) is 3.95. The molecule has 8 nitrogen and oxygen atoms in total. The van der Waals surface area contributed by atoms with Crippen molar-refractivity contribution in [3.05, 3.63) is 90.9 Å². The van der Waals surface area contributed by atoms with Crippen molar-refractivity contribution in [3.8, 4) is 16.9 Å². The number of oxime groups is 1. The molecule has 1 N–H and O–H groups in total. The summed E-state index contributed by atoms with van der Waals surface area (Å²) < 4.78 is 1.81. The van der Waals surface area contributed by atoms with E-state index < -0.39 is 0 Å². The molecule has 1 amide bonds. The highest BCUT2D eigenvalue weighted by atomic mass is 16.6. The normalized spacial score (nSPS) is 11.2. The largest absolute Gasteiger partial charge is 0.399 e. The van der Waals surface area contributed by atoms with Crippen LogP contribution in [0.4, 0.5) is 5.69 Å². The molecule has 0 atom stereocenters. The first kappa shape index (κ1) is 20.0. The van der Waals surface area contributed by atoms with E-state index in [1.54, 1.807) is 24.9 Å². The molecule has 0 fully saturated rings. The maximum atomic E-state index is 12.9. The fourth-order valence-corrected chi connectivity index (χ4v) is 3.07. The van der Waals surface area contributed by atoms with Gasteiger partial charge in [0.15, 0.2) is 0 Å². The van der Waals surface area contributed by atoms with Gasteiger partial charge in [-0.05, 0) is 19.1 Å². The van der Waals surface area contributed by atoms with Crippen LogP contribution in [-0.2, 0) is 4.84 Å². The van der Waals surface area contributed by atoms with Crippen molar-refractivity contribution in [1.29, 1.82) is 0 Å². The second-order valence-corrected chi connectivity index (χ2v) is 6.67. The second kappa shape index (κ2) is 9.00. The number of imidazole rings is 1. The number of hydrogen-bond acceptors (Lipinski definition) is 6. The topological polar surface area (TPSA) is 94.3 Å². The highest BCUT2D eigenvalue weighted by molar-refractivity contribution is 6.05. The van der Waals surface area contributed by atoms with Gasteiger partial charge in [0.1, 0.15) is 12.8 Å². The van der Waals surface area contributed by atoms with E-state index >= 15 is 0 Å². The molecule has 0 spiro atoms. The Hall–Kier alpha value is -4.33. The van der Waals surface area contributed by atoms with Gasteiger partial charge in [-0.25, -0.2) is 9.97 Å². The van der Waals surface area contributed by atoms with Gasteiger partial charge in [0.25, 0.3) is 5.91 Å². The lowest BCUT2D eigenvalue weighted by Crippen LogP contribution is -2.16. The van der Waals surface area contributed by atoms with Crippen LogP contribution < -0.4 is 5.32 Å². The van der Waals surface area contributed by atoms with Gasteiger partial charge in [0, 0.05) is 23.5 Å². The van der Waals surface area contributed by atoms with Crippen molar-refractivity contribution in [2.45, 2.75) is 6.92 Å². The van der Waals surface area contributed by atoms with Crippen LogP contribution in [-0.4, -0.2) is 38.2 Å². The summed E-state index contributed by atoms with van der Waals surface area (Å²) in [7, 11) is 1.49. The van der Waals surface area contributed by atoms with Crippen molar-refractivity contribution >= 4 is 17.3 Å². The van der Waals surface area contributed by atoms with Crippen LogP contribution in [0.25, 0.3) is 16.9 Å². The van der Waals surface area contributed by atoms with Gasteiger partial charge in [-0.2, -0.15) is 0 Å². The molecule has 4 rings (SSSR count). The first-order valence-corrected chi connectivity index (χ1v) is 9.55. The molecule has 0 aliphatic rings. The van der Waals surface area contributed by atoms with Crippen molar-refractivity contribution in [2.75, 3.05) is 12.4 Å². The maximum Gasteiger partial charge on any atom is 0.275 e. The first-order chi connectivity index (χ1) is 15.2. The zero-order valence-corrected chi connectivity index (χ0v) is 17.1. The Morgan fingerprint density at radius 1 is 1.10 bits per heavy atom. The van der Waals surface area contributed by atoms with E-state index in [1.807, 2.05) is 60.0 Å². The molecule has 0 saturated carbocycles. The molecule has 0 unspecified atom stereocenters. The van der Waals surface area contributed by atoms with Crippen LogP contribution in [0.1, 0.15) is 23.0 Å². The van der Waals surface area contributed by atoms with Crippen LogP contribution in [0, 0.1) is 0 Å². The molecule has 0 aliphatic carbocycles. The third kappa shape index (κ3) is 4.48. The Morgan fingerprint density at radius 2 is 1.94 bits per heavy atom. The predicted molar refractivity (Wildman–Crippen MR) is 118 cm³/mol. The van der Waals surface area contributed by atoms with Gasteiger partial charge < -0.3 is 14.7 Å². The second-order valence-electron chi connectivity index (χ2n) is 6.67. The number of nitrogens with zero attached hydrogens (tertiary/aromatic N) is 5. The van der Waals surface area contributed by atoms with Gasteiger partial charge >= 0.3 is 0 Å². The van der Waals surface area contributed by atoms with E-state index in [9.17, 15) is 4.79 Å². The van der Waals surface area contributed by atoms with Crippen LogP contribution in [0.2, 0.25) is 0 Å². The quantitative estimate of drug-likeness (QED) is 0.382. The molecule has 0 saturated heterocycles. The number of benzene rings is 2. The molecular weight excluding hydrogens is 392 g/mol. The Bertz CT molecular complexity index is 1200. The molecule has 2 aromatic carbocycles. The fourth-order valence-electron chi connectivity index (χ4n) is 3.07. The van der Waals surface area contributed by atoms with Crippen molar-refractivity contribution in [2.24, 2.45) is 5.16 Å². The minimum atomic E-state index is -0.369. The maximum absolute atomic E-state index is 12.9. The number of hydrogen-bond donors (Lipinski definition) is 1. The van der Waals surface area contributed by atoms with Crippen LogP contribution >= 0.6 is 0 Å². The fraction of sp³-hybridized carbons (Fsp3) is 0.0870. The molecule has 0 aliphatic heterocycles. The molecule has 2 heterocycles. The lowest BCUT2D eigenvalue weighted by atomic mass is 10.1. The lowest BCUT2D eigenvalue weighted by molar-refractivity contribution is 0.102. The zero-order chi connectivity index (χ0) is 21.6. The third-order valence-corrected chi connectivity index (χ3v) is 4.63. The van der Waals surface area contributed by atoms with E-state index in [2.05, 4.69) is 25.4 Å². The number of carbonyl (C=O) groups excluding carboxylic acids is 1. The molecule has 0 bridgehead atoms. The minimum Gasteiger partial charge on any atom is -0.399 e. The number of amides is 1. The third-order valence-electron chi connectivity index (χ3n) is 4.63. The van der Waals surface area contributed by atoms with Gasteiger partial charge in [0.2, 0.25) is 0 Å². The molecule has 4 aromatic rings. The van der Waals surface area contributed by atoms with Crippen molar-refractivity contribution < 1.29 is 9.63 Å². The van der Waals surface area contributed by atoms with Crippen molar-refractivity contribution in [1.82, 2.24) is 19.5 Å². The van der Waals surface area contributed by atoms with Crippen LogP contribution in [0.5, 0.6) is 0 Å². The number of carbonyl (C=O) groups is 1. The van der Waals surface area contributed by atoms with E-state index in [-0.39, 0.29) is 11.6 Å². The molecular formula is C23H20N6O2. The smallest absolute Gasteiger partial charge is 0.275 e. The van der Waals surface area contributed by atoms with Crippen LogP contribution in [0.3, 0.4) is 0 Å². The Labute approximate surface area is 179 Å². The summed E-state index contributed by atoms with van der Waals surface area (Å²) in [6.07, 6.45) is 8.19. The Kier molecular flexibility index (Phi) is 5.79. The molecule has 8 heteroatoms. The number of rotatable bonds is 6. The van der Waals surface area contributed by atoms with E-state index in [0.29, 0.717) is 17.1 Å². The van der Waals surface area contributed by atoms with Gasteiger partial charge in [-0.15, -0.1) is 0 Å². The average molecular weight is 412 g/mol. The molecule has 0 radical (unpaired) electrons. The summed E-state index contributed by atoms with van der Waals surface area (Å²) in [5.41, 5.74) is 4.68. The molecule has 154 valence electrons. The SMILES string of the molecule is CO/N=C(\C)c1ccc(-n2ccnc2)c(NC(=O)c2cnc(-c3ccccc3)cn2)c1. The van der Waals surface area contributed by atoms with Crippen LogP contribution in [0.15, 0.2) is 84.8 Å². The highest BCUT2D eigenvalue weighted by Gasteiger charge is 2.14. The summed E-state index contributed by atoms with van der Waals surface area (Å²) in [6.45, 7) is 1.83. The number of nitrogens with one attached hydrogen (secondary N) is 1. The van der Waals surface area contributed by atoms with Gasteiger partial charge in [-0.1, -0.05) is 41.6 Å². The van der Waals surface area contributed by atoms with Gasteiger partial charge in [-0.3, -0.25) is 9.78 Å². The highest BCUT2D eigenvalue weighted by Crippen LogP contribution is 2.23. The molecule has 2 aromatic heterocycles. The standard InChI is InChI=1S/C23H20N6O2/c1-16(28-31-2)18-8-9-22(29-11-10-24-15-29)19(12-18)27-23(30)21-14-25-20(13-26-21)17-6-4-3-5-7-17/h3-15H,1-2H3,(H,27,30)/b28-16+. The summed E-state index contributed by atoms with van der Waals surface area (Å²) in [6, 6.07) is 15.3. The van der Waals surface area contributed by atoms with Crippen molar-refractivity contribution in [3.63, 3.8) is 0 Å². The van der Waals surface area contributed by atoms with Gasteiger partial charge in [0.05, 0.1) is 41.5 Å². The number of anilines is 1. The summed E-state index contributed by atoms with van der Waals surface area (Å²) in [5, 5.41) is 6.89. The Balaban J connectivity index is 1.63. The lowest BCUT2D eigenvalue weighted by Gasteiger charge is -2.13.